The van der Waals surface area contributed by atoms with E-state index in [2.05, 4.69) is 13.8 Å². The molecule has 0 aromatic heterocycles. The van der Waals surface area contributed by atoms with Crippen LogP contribution in [0.5, 0.6) is 0 Å². The molecule has 1 N–H and O–H groups in total. The first kappa shape index (κ1) is 12.5. The third-order valence-corrected chi connectivity index (χ3v) is 5.74. The fourth-order valence-corrected chi connectivity index (χ4v) is 4.12. The molecule has 102 valence electrons. The number of aliphatic hydroxyl groups is 1. The minimum Gasteiger partial charge on any atom is -0.389 e. The first-order valence-corrected chi connectivity index (χ1v) is 7.43. The van der Waals surface area contributed by atoms with Crippen LogP contribution in [0, 0.1) is 17.3 Å². The molecule has 3 heteroatoms. The molecule has 2 unspecified atom stereocenters. The lowest BCUT2D eigenvalue weighted by molar-refractivity contribution is -0.137. The lowest BCUT2D eigenvalue weighted by Crippen LogP contribution is -2.41. The molecule has 0 aromatic carbocycles. The van der Waals surface area contributed by atoms with Crippen molar-refractivity contribution in [2.75, 3.05) is 13.1 Å². The van der Waals surface area contributed by atoms with Gasteiger partial charge in [-0.1, -0.05) is 33.1 Å². The average molecular weight is 251 g/mol. The number of hydrogen-bond donors (Lipinski definition) is 1. The summed E-state index contributed by atoms with van der Waals surface area (Å²) >= 11 is 0. The van der Waals surface area contributed by atoms with Crippen LogP contribution in [0.3, 0.4) is 0 Å². The van der Waals surface area contributed by atoms with Gasteiger partial charge in [0.25, 0.3) is 0 Å². The van der Waals surface area contributed by atoms with Gasteiger partial charge >= 0.3 is 0 Å². The highest BCUT2D eigenvalue weighted by Gasteiger charge is 2.62. The summed E-state index contributed by atoms with van der Waals surface area (Å²) in [5, 5.41) is 10.4. The largest absolute Gasteiger partial charge is 0.389 e. The molecule has 1 amide bonds. The van der Waals surface area contributed by atoms with Crippen LogP contribution in [-0.2, 0) is 4.79 Å². The number of fused-ring (bicyclic) bond motifs is 1. The Morgan fingerprint density at radius 3 is 2.28 bits per heavy atom. The van der Waals surface area contributed by atoms with E-state index in [9.17, 15) is 9.90 Å². The number of carbonyl (C=O) groups excluding carboxylic acids is 1. The van der Waals surface area contributed by atoms with Crippen LogP contribution in [0.2, 0.25) is 0 Å². The van der Waals surface area contributed by atoms with Crippen molar-refractivity contribution in [1.82, 2.24) is 4.90 Å². The number of rotatable bonds is 2. The molecule has 0 aromatic rings. The fourth-order valence-electron chi connectivity index (χ4n) is 4.12. The molecule has 2 aliphatic carbocycles. The van der Waals surface area contributed by atoms with Gasteiger partial charge < -0.3 is 10.0 Å². The molecule has 2 atom stereocenters. The summed E-state index contributed by atoms with van der Waals surface area (Å²) in [5.74, 6) is 1.60. The summed E-state index contributed by atoms with van der Waals surface area (Å²) in [7, 11) is 0. The van der Waals surface area contributed by atoms with Gasteiger partial charge in [-0.05, 0) is 30.1 Å². The maximum Gasteiger partial charge on any atom is 0.225 e. The molecule has 1 heterocycles. The van der Waals surface area contributed by atoms with E-state index in [1.54, 1.807) is 0 Å². The van der Waals surface area contributed by atoms with Crippen LogP contribution in [0.4, 0.5) is 0 Å². The summed E-state index contributed by atoms with van der Waals surface area (Å²) in [5.41, 5.74) is -0.240. The van der Waals surface area contributed by atoms with Crippen LogP contribution < -0.4 is 0 Å². The van der Waals surface area contributed by atoms with Gasteiger partial charge in [0, 0.05) is 13.1 Å². The normalized spacial score (nSPS) is 36.3. The molecule has 0 bridgehead atoms. The lowest BCUT2D eigenvalue weighted by atomic mass is 9.82. The molecule has 1 saturated heterocycles. The van der Waals surface area contributed by atoms with Crippen molar-refractivity contribution in [3.8, 4) is 0 Å². The average Bonchev–Trinajstić information content (AvgIpc) is 2.68. The topological polar surface area (TPSA) is 40.5 Å². The van der Waals surface area contributed by atoms with Crippen LogP contribution in [0.25, 0.3) is 0 Å². The Balaban J connectivity index is 1.54. The number of hydrogen-bond acceptors (Lipinski definition) is 2. The summed E-state index contributed by atoms with van der Waals surface area (Å²) in [6.07, 6.45) is 5.32. The molecule has 18 heavy (non-hydrogen) atoms. The Hall–Kier alpha value is -0.570. The summed E-state index contributed by atoms with van der Waals surface area (Å²) in [4.78, 5) is 14.3. The van der Waals surface area contributed by atoms with Crippen molar-refractivity contribution in [2.45, 2.75) is 58.0 Å². The molecule has 3 rings (SSSR count). The summed E-state index contributed by atoms with van der Waals surface area (Å²) in [6, 6.07) is 0. The standard InChI is InChI=1S/C15H25NO2/c1-14(2)11-9-16(10-12(11)14)13(17)8-15(18)6-4-3-5-7-15/h11-12,18H,3-10H2,1-2H3. The Bertz CT molecular complexity index is 344. The zero-order chi connectivity index (χ0) is 13.0. The second kappa shape index (κ2) is 3.96. The van der Waals surface area contributed by atoms with E-state index in [1.807, 2.05) is 4.90 Å². The molecule has 2 saturated carbocycles. The van der Waals surface area contributed by atoms with E-state index in [0.29, 0.717) is 23.7 Å². The molecule has 0 radical (unpaired) electrons. The van der Waals surface area contributed by atoms with Crippen molar-refractivity contribution >= 4 is 5.91 Å². The van der Waals surface area contributed by atoms with Crippen molar-refractivity contribution in [1.29, 1.82) is 0 Å². The van der Waals surface area contributed by atoms with Crippen molar-refractivity contribution in [3.63, 3.8) is 0 Å². The van der Waals surface area contributed by atoms with Gasteiger partial charge in [0.1, 0.15) is 0 Å². The SMILES string of the molecule is CC1(C)C2CN(C(=O)CC3(O)CCCCC3)CC21. The zero-order valence-corrected chi connectivity index (χ0v) is 11.6. The van der Waals surface area contributed by atoms with Gasteiger partial charge in [-0.2, -0.15) is 0 Å². The highest BCUT2D eigenvalue weighted by molar-refractivity contribution is 5.78. The zero-order valence-electron chi connectivity index (χ0n) is 11.6. The highest BCUT2D eigenvalue weighted by Crippen LogP contribution is 2.62. The molecular formula is C15H25NO2. The van der Waals surface area contributed by atoms with Crippen molar-refractivity contribution in [3.05, 3.63) is 0 Å². The summed E-state index contributed by atoms with van der Waals surface area (Å²) < 4.78 is 0. The van der Waals surface area contributed by atoms with Gasteiger partial charge in [0.2, 0.25) is 5.91 Å². The molecule has 1 aliphatic heterocycles. The smallest absolute Gasteiger partial charge is 0.225 e. The fraction of sp³-hybridized carbons (Fsp3) is 0.933. The van der Waals surface area contributed by atoms with Crippen molar-refractivity contribution < 1.29 is 9.90 Å². The number of amides is 1. The maximum atomic E-state index is 12.3. The monoisotopic (exact) mass is 251 g/mol. The van der Waals surface area contributed by atoms with Gasteiger partial charge in [-0.3, -0.25) is 4.79 Å². The third kappa shape index (κ3) is 1.97. The number of piperidine rings is 1. The second-order valence-corrected chi connectivity index (χ2v) is 7.29. The van der Waals surface area contributed by atoms with Crippen LogP contribution in [0.1, 0.15) is 52.4 Å². The van der Waals surface area contributed by atoms with E-state index in [1.165, 1.54) is 6.42 Å². The minimum absolute atomic E-state index is 0.183. The third-order valence-electron chi connectivity index (χ3n) is 5.74. The Labute approximate surface area is 110 Å². The molecule has 3 aliphatic rings. The van der Waals surface area contributed by atoms with E-state index in [0.717, 1.165) is 38.8 Å². The number of carbonyl (C=O) groups is 1. The lowest BCUT2D eigenvalue weighted by Gasteiger charge is -2.33. The molecule has 3 nitrogen and oxygen atoms in total. The van der Waals surface area contributed by atoms with E-state index < -0.39 is 5.60 Å². The van der Waals surface area contributed by atoms with E-state index in [4.69, 9.17) is 0 Å². The maximum absolute atomic E-state index is 12.3. The van der Waals surface area contributed by atoms with Crippen LogP contribution >= 0.6 is 0 Å². The Kier molecular flexibility index (Phi) is 2.74. The Morgan fingerprint density at radius 1 is 1.17 bits per heavy atom. The van der Waals surface area contributed by atoms with Crippen LogP contribution in [0.15, 0.2) is 0 Å². The first-order chi connectivity index (χ1) is 8.42. The van der Waals surface area contributed by atoms with Crippen molar-refractivity contribution in [2.24, 2.45) is 17.3 Å². The molecule has 0 spiro atoms. The molecular weight excluding hydrogens is 226 g/mol. The first-order valence-electron chi connectivity index (χ1n) is 7.43. The molecule has 3 fully saturated rings. The Morgan fingerprint density at radius 2 is 1.72 bits per heavy atom. The quantitative estimate of drug-likeness (QED) is 0.817. The second-order valence-electron chi connectivity index (χ2n) is 7.29. The predicted molar refractivity (Wildman–Crippen MR) is 70.0 cm³/mol. The minimum atomic E-state index is -0.697. The van der Waals surface area contributed by atoms with Gasteiger partial charge in [0.15, 0.2) is 0 Å². The van der Waals surface area contributed by atoms with Gasteiger partial charge in [-0.25, -0.2) is 0 Å². The van der Waals surface area contributed by atoms with E-state index in [-0.39, 0.29) is 5.91 Å². The predicted octanol–water partition coefficient (Wildman–Crippen LogP) is 2.19. The van der Waals surface area contributed by atoms with E-state index >= 15 is 0 Å². The van der Waals surface area contributed by atoms with Gasteiger partial charge in [-0.15, -0.1) is 0 Å². The summed E-state index contributed by atoms with van der Waals surface area (Å²) in [6.45, 7) is 6.46. The number of likely N-dealkylation sites (tertiary alicyclic amines) is 1. The number of nitrogens with zero attached hydrogens (tertiary/aromatic N) is 1. The van der Waals surface area contributed by atoms with Crippen LogP contribution in [-0.4, -0.2) is 34.6 Å². The van der Waals surface area contributed by atoms with Gasteiger partial charge in [0.05, 0.1) is 12.0 Å². The highest BCUT2D eigenvalue weighted by atomic mass is 16.3.